The van der Waals surface area contributed by atoms with Crippen LogP contribution in [0.3, 0.4) is 0 Å². The number of hydrogen-bond acceptors (Lipinski definition) is 8. The van der Waals surface area contributed by atoms with E-state index >= 15 is 0 Å². The van der Waals surface area contributed by atoms with Crippen molar-refractivity contribution in [2.75, 3.05) is 45.8 Å². The summed E-state index contributed by atoms with van der Waals surface area (Å²) in [5, 5.41) is 23.5. The molecule has 0 unspecified atom stereocenters. The van der Waals surface area contributed by atoms with Crippen LogP contribution in [0.5, 0.6) is 11.5 Å². The van der Waals surface area contributed by atoms with Crippen LogP contribution >= 0.6 is 0 Å². The van der Waals surface area contributed by atoms with E-state index < -0.39 is 0 Å². The molecule has 0 amide bonds. The minimum absolute atomic E-state index is 0.148. The maximum absolute atomic E-state index is 8.93. The Balaban J connectivity index is 1.37. The molecule has 182 valence electrons. The molecule has 0 spiro atoms. The lowest BCUT2D eigenvalue weighted by Crippen LogP contribution is -2.38. The Hall–Kier alpha value is -2.94. The zero-order chi connectivity index (χ0) is 23.8. The number of nitrogens with one attached hydrogen (secondary N) is 1. The maximum atomic E-state index is 8.93. The van der Waals surface area contributed by atoms with Crippen molar-refractivity contribution >= 4 is 16.6 Å². The fourth-order valence-corrected chi connectivity index (χ4v) is 4.34. The van der Waals surface area contributed by atoms with Crippen LogP contribution < -0.4 is 14.8 Å². The molecule has 1 fully saturated rings. The number of methoxy groups -OCH3 is 2. The molecule has 2 N–H and O–H groups in total. The van der Waals surface area contributed by atoms with Gasteiger partial charge in [-0.15, -0.1) is 5.10 Å². The molecule has 0 saturated carbocycles. The summed E-state index contributed by atoms with van der Waals surface area (Å²) < 4.78 is 16.5. The largest absolute Gasteiger partial charge is 0.497 e. The normalized spacial score (nSPS) is 14.9. The Morgan fingerprint density at radius 3 is 2.65 bits per heavy atom. The molecule has 34 heavy (non-hydrogen) atoms. The SMILES string of the molecule is COCc1nnc(NC2CCN(Cc3cccc(OCCCO)c3)CC2)c2cc(OC)ccc12. The summed E-state index contributed by atoms with van der Waals surface area (Å²) in [4.78, 5) is 2.47. The zero-order valence-electron chi connectivity index (χ0n) is 20.0. The minimum atomic E-state index is 0.148. The van der Waals surface area contributed by atoms with Crippen molar-refractivity contribution in [1.29, 1.82) is 0 Å². The number of anilines is 1. The van der Waals surface area contributed by atoms with E-state index in [4.69, 9.17) is 19.3 Å². The number of hydrogen-bond donors (Lipinski definition) is 2. The second-order valence-electron chi connectivity index (χ2n) is 8.61. The average Bonchev–Trinajstić information content (AvgIpc) is 2.87. The Labute approximate surface area is 200 Å². The first-order chi connectivity index (χ1) is 16.7. The zero-order valence-corrected chi connectivity index (χ0v) is 20.0. The van der Waals surface area contributed by atoms with Crippen molar-refractivity contribution in [3.63, 3.8) is 0 Å². The van der Waals surface area contributed by atoms with Gasteiger partial charge >= 0.3 is 0 Å². The highest BCUT2D eigenvalue weighted by molar-refractivity contribution is 5.94. The van der Waals surface area contributed by atoms with Crippen LogP contribution in [0.25, 0.3) is 10.8 Å². The molecule has 0 aliphatic carbocycles. The van der Waals surface area contributed by atoms with Gasteiger partial charge in [-0.25, -0.2) is 0 Å². The second kappa shape index (κ2) is 12.0. The van der Waals surface area contributed by atoms with E-state index in [9.17, 15) is 0 Å². The topological polar surface area (TPSA) is 89.0 Å². The standard InChI is InChI=1S/C26H34N4O4/c1-32-18-25-23-8-7-21(33-2)16-24(23)26(29-28-25)27-20-9-11-30(12-10-20)17-19-5-3-6-22(15-19)34-14-4-13-31/h3,5-8,15-16,20,31H,4,9-14,17-18H2,1-2H3,(H,27,29). The summed E-state index contributed by atoms with van der Waals surface area (Å²) in [7, 11) is 3.34. The first-order valence-corrected chi connectivity index (χ1v) is 11.8. The number of aromatic nitrogens is 2. The van der Waals surface area contributed by atoms with Crippen LogP contribution in [0.2, 0.25) is 0 Å². The minimum Gasteiger partial charge on any atom is -0.497 e. The van der Waals surface area contributed by atoms with Gasteiger partial charge in [-0.3, -0.25) is 4.90 Å². The highest BCUT2D eigenvalue weighted by Crippen LogP contribution is 2.29. The number of ether oxygens (including phenoxy) is 3. The Morgan fingerprint density at radius 1 is 1.03 bits per heavy atom. The molecule has 1 saturated heterocycles. The van der Waals surface area contributed by atoms with Gasteiger partial charge in [0.25, 0.3) is 0 Å². The molecule has 8 heteroatoms. The molecular formula is C26H34N4O4. The number of likely N-dealkylation sites (tertiary alicyclic amines) is 1. The lowest BCUT2D eigenvalue weighted by molar-refractivity contribution is 0.182. The second-order valence-corrected chi connectivity index (χ2v) is 8.61. The monoisotopic (exact) mass is 466 g/mol. The van der Waals surface area contributed by atoms with Gasteiger partial charge in [-0.1, -0.05) is 12.1 Å². The van der Waals surface area contributed by atoms with Crippen molar-refractivity contribution in [2.24, 2.45) is 0 Å². The van der Waals surface area contributed by atoms with E-state index in [1.165, 1.54) is 5.56 Å². The van der Waals surface area contributed by atoms with E-state index in [0.29, 0.717) is 25.7 Å². The number of nitrogens with zero attached hydrogens (tertiary/aromatic N) is 3. The number of aliphatic hydroxyl groups is 1. The Bertz CT molecular complexity index is 1070. The van der Waals surface area contributed by atoms with Gasteiger partial charge in [0.1, 0.15) is 11.5 Å². The summed E-state index contributed by atoms with van der Waals surface area (Å²) in [6.07, 6.45) is 2.70. The van der Waals surface area contributed by atoms with Crippen molar-refractivity contribution in [1.82, 2.24) is 15.1 Å². The third kappa shape index (κ3) is 6.14. The van der Waals surface area contributed by atoms with Crippen molar-refractivity contribution in [3.8, 4) is 11.5 Å². The number of piperidine rings is 1. The van der Waals surface area contributed by atoms with Gasteiger partial charge in [0.05, 0.1) is 26.0 Å². The van der Waals surface area contributed by atoms with Crippen molar-refractivity contribution in [3.05, 3.63) is 53.7 Å². The van der Waals surface area contributed by atoms with Gasteiger partial charge in [0, 0.05) is 56.6 Å². The number of aliphatic hydroxyl groups excluding tert-OH is 1. The Morgan fingerprint density at radius 2 is 1.88 bits per heavy atom. The molecule has 1 aromatic heterocycles. The van der Waals surface area contributed by atoms with E-state index in [-0.39, 0.29) is 6.61 Å². The van der Waals surface area contributed by atoms with Crippen LogP contribution in [0.15, 0.2) is 42.5 Å². The van der Waals surface area contributed by atoms with Crippen LogP contribution in [-0.4, -0.2) is 66.8 Å². The fourth-order valence-electron chi connectivity index (χ4n) is 4.34. The molecule has 2 heterocycles. The fraction of sp³-hybridized carbons (Fsp3) is 0.462. The van der Waals surface area contributed by atoms with Crippen LogP contribution in [0.4, 0.5) is 5.82 Å². The van der Waals surface area contributed by atoms with Gasteiger partial charge in [-0.05, 0) is 48.7 Å². The third-order valence-electron chi connectivity index (χ3n) is 6.15. The number of fused-ring (bicyclic) bond motifs is 1. The van der Waals surface area contributed by atoms with E-state index in [2.05, 4.69) is 32.5 Å². The number of rotatable bonds is 11. The summed E-state index contributed by atoms with van der Waals surface area (Å²) >= 11 is 0. The Kier molecular flexibility index (Phi) is 8.51. The average molecular weight is 467 g/mol. The molecule has 0 atom stereocenters. The lowest BCUT2D eigenvalue weighted by Gasteiger charge is -2.32. The molecule has 8 nitrogen and oxygen atoms in total. The molecule has 4 rings (SSSR count). The van der Waals surface area contributed by atoms with Gasteiger partial charge in [0.15, 0.2) is 5.82 Å². The van der Waals surface area contributed by atoms with Crippen molar-refractivity contribution < 1.29 is 19.3 Å². The molecule has 1 aliphatic heterocycles. The number of benzene rings is 2. The molecule has 2 aromatic carbocycles. The smallest absolute Gasteiger partial charge is 0.156 e. The van der Waals surface area contributed by atoms with Gasteiger partial charge in [-0.2, -0.15) is 5.10 Å². The van der Waals surface area contributed by atoms with Crippen LogP contribution in [0, 0.1) is 0 Å². The van der Waals surface area contributed by atoms with E-state index in [1.54, 1.807) is 14.2 Å². The summed E-state index contributed by atoms with van der Waals surface area (Å²) in [6, 6.07) is 14.5. The molecule has 3 aromatic rings. The van der Waals surface area contributed by atoms with Crippen molar-refractivity contribution in [2.45, 2.75) is 38.5 Å². The predicted octanol–water partition coefficient (Wildman–Crippen LogP) is 3.62. The molecular weight excluding hydrogens is 432 g/mol. The lowest BCUT2D eigenvalue weighted by atomic mass is 10.0. The molecule has 0 radical (unpaired) electrons. The third-order valence-corrected chi connectivity index (χ3v) is 6.15. The summed E-state index contributed by atoms with van der Waals surface area (Å²) in [5.41, 5.74) is 2.06. The highest BCUT2D eigenvalue weighted by Gasteiger charge is 2.21. The quantitative estimate of drug-likeness (QED) is 0.414. The molecule has 1 aliphatic rings. The maximum Gasteiger partial charge on any atom is 0.156 e. The van der Waals surface area contributed by atoms with Crippen LogP contribution in [-0.2, 0) is 17.9 Å². The van der Waals surface area contributed by atoms with Gasteiger partial charge in [0.2, 0.25) is 0 Å². The van der Waals surface area contributed by atoms with E-state index in [0.717, 1.165) is 66.3 Å². The van der Waals surface area contributed by atoms with E-state index in [1.807, 2.05) is 30.3 Å². The summed E-state index contributed by atoms with van der Waals surface area (Å²) in [5.74, 6) is 2.45. The highest BCUT2D eigenvalue weighted by atomic mass is 16.5. The van der Waals surface area contributed by atoms with Gasteiger partial charge < -0.3 is 24.6 Å². The predicted molar refractivity (Wildman–Crippen MR) is 132 cm³/mol. The summed E-state index contributed by atoms with van der Waals surface area (Å²) in [6.45, 7) is 4.01. The van der Waals surface area contributed by atoms with Crippen LogP contribution in [0.1, 0.15) is 30.5 Å². The molecule has 0 bridgehead atoms. The first kappa shape index (κ1) is 24.2. The first-order valence-electron chi connectivity index (χ1n) is 11.8.